The average molecular weight is 319 g/mol. The van der Waals surface area contributed by atoms with Gasteiger partial charge in [0.2, 0.25) is 0 Å². The van der Waals surface area contributed by atoms with E-state index in [0.717, 1.165) is 6.54 Å². The van der Waals surface area contributed by atoms with Gasteiger partial charge >= 0.3 is 0 Å². The molecule has 22 heavy (non-hydrogen) atoms. The minimum absolute atomic E-state index is 0.132. The first kappa shape index (κ1) is 21.5. The van der Waals surface area contributed by atoms with Crippen molar-refractivity contribution in [2.75, 3.05) is 59.4 Å². The van der Waals surface area contributed by atoms with Gasteiger partial charge in [-0.05, 0) is 27.7 Å². The third kappa shape index (κ3) is 19.5. The molecule has 0 unspecified atom stereocenters. The van der Waals surface area contributed by atoms with Gasteiger partial charge < -0.3 is 24.3 Å². The van der Waals surface area contributed by atoms with E-state index in [0.29, 0.717) is 59.3 Å². The second-order valence-corrected chi connectivity index (χ2v) is 6.08. The molecular formula is C16H33NO5. The number of nitrogens with one attached hydrogen (secondary N) is 1. The minimum atomic E-state index is 0.132. The van der Waals surface area contributed by atoms with Crippen molar-refractivity contribution in [3.05, 3.63) is 0 Å². The van der Waals surface area contributed by atoms with Crippen LogP contribution in [0.4, 0.5) is 0 Å². The van der Waals surface area contributed by atoms with Crippen molar-refractivity contribution >= 4 is 5.78 Å². The molecule has 0 aromatic carbocycles. The molecule has 0 saturated heterocycles. The maximum Gasteiger partial charge on any atom is 0.132 e. The Labute approximate surface area is 134 Å². The maximum absolute atomic E-state index is 10.7. The molecular weight excluding hydrogens is 286 g/mol. The normalized spacial score (nSPS) is 11.8. The summed E-state index contributed by atoms with van der Waals surface area (Å²) in [6.45, 7) is 13.3. The zero-order valence-electron chi connectivity index (χ0n) is 14.6. The number of hydrogen-bond donors (Lipinski definition) is 1. The van der Waals surface area contributed by atoms with Gasteiger partial charge in [-0.25, -0.2) is 0 Å². The molecule has 6 nitrogen and oxygen atoms in total. The second-order valence-electron chi connectivity index (χ2n) is 6.08. The van der Waals surface area contributed by atoms with Gasteiger partial charge in [0.1, 0.15) is 5.78 Å². The van der Waals surface area contributed by atoms with E-state index >= 15 is 0 Å². The van der Waals surface area contributed by atoms with Crippen LogP contribution in [0.15, 0.2) is 0 Å². The lowest BCUT2D eigenvalue weighted by atomic mass is 10.1. The molecule has 0 fully saturated rings. The van der Waals surface area contributed by atoms with E-state index in [4.69, 9.17) is 18.9 Å². The van der Waals surface area contributed by atoms with Crippen molar-refractivity contribution in [1.29, 1.82) is 0 Å². The molecule has 0 bridgehead atoms. The highest BCUT2D eigenvalue weighted by Crippen LogP contribution is 1.96. The summed E-state index contributed by atoms with van der Waals surface area (Å²) in [4.78, 5) is 10.7. The smallest absolute Gasteiger partial charge is 0.132 e. The van der Waals surface area contributed by atoms with E-state index in [1.54, 1.807) is 6.92 Å². The Bertz CT molecular complexity index is 266. The summed E-state index contributed by atoms with van der Waals surface area (Å²) < 4.78 is 21.4. The summed E-state index contributed by atoms with van der Waals surface area (Å²) in [5, 5.41) is 3.35. The number of rotatable bonds is 15. The van der Waals surface area contributed by atoms with Gasteiger partial charge in [-0.15, -0.1) is 0 Å². The van der Waals surface area contributed by atoms with Crippen LogP contribution in [0.3, 0.4) is 0 Å². The molecule has 6 heteroatoms. The van der Waals surface area contributed by atoms with Crippen LogP contribution in [-0.4, -0.2) is 70.7 Å². The van der Waals surface area contributed by atoms with Gasteiger partial charge in [0.05, 0.1) is 52.9 Å². The van der Waals surface area contributed by atoms with E-state index in [1.165, 1.54) is 0 Å². The molecule has 0 rings (SSSR count). The molecule has 0 aromatic rings. The lowest BCUT2D eigenvalue weighted by molar-refractivity contribution is -0.118. The van der Waals surface area contributed by atoms with Gasteiger partial charge in [0.15, 0.2) is 0 Å². The number of hydrogen-bond acceptors (Lipinski definition) is 6. The molecule has 0 saturated carbocycles. The molecule has 1 N–H and O–H groups in total. The lowest BCUT2D eigenvalue weighted by Gasteiger charge is -2.20. The van der Waals surface area contributed by atoms with Crippen LogP contribution in [0.25, 0.3) is 0 Å². The van der Waals surface area contributed by atoms with Gasteiger partial charge in [0, 0.05) is 18.5 Å². The average Bonchev–Trinajstić information content (AvgIpc) is 2.41. The molecule has 0 radical (unpaired) electrons. The first-order valence-electron chi connectivity index (χ1n) is 7.97. The van der Waals surface area contributed by atoms with Crippen LogP contribution in [0, 0.1) is 0 Å². The molecule has 0 aliphatic rings. The van der Waals surface area contributed by atoms with Crippen molar-refractivity contribution in [3.63, 3.8) is 0 Å². The first-order chi connectivity index (χ1) is 10.4. The maximum atomic E-state index is 10.7. The summed E-state index contributed by atoms with van der Waals surface area (Å²) in [7, 11) is 0. The third-order valence-electron chi connectivity index (χ3n) is 2.62. The summed E-state index contributed by atoms with van der Waals surface area (Å²) in [6, 6.07) is 0. The Balaban J connectivity index is 3.04. The molecule has 0 aromatic heterocycles. The molecule has 0 spiro atoms. The van der Waals surface area contributed by atoms with Gasteiger partial charge in [-0.2, -0.15) is 0 Å². The van der Waals surface area contributed by atoms with E-state index in [1.807, 2.05) is 0 Å². The van der Waals surface area contributed by atoms with Crippen LogP contribution < -0.4 is 5.32 Å². The third-order valence-corrected chi connectivity index (χ3v) is 2.62. The van der Waals surface area contributed by atoms with Gasteiger partial charge in [0.25, 0.3) is 0 Å². The number of Topliss-reactive ketones (excluding diaryl/α,β-unsaturated/α-hetero) is 1. The molecule has 0 aliphatic heterocycles. The predicted octanol–water partition coefficient (Wildman–Crippen LogP) is 1.42. The van der Waals surface area contributed by atoms with E-state index in [2.05, 4.69) is 26.1 Å². The minimum Gasteiger partial charge on any atom is -0.379 e. The van der Waals surface area contributed by atoms with E-state index in [-0.39, 0.29) is 11.3 Å². The fraction of sp³-hybridized carbons (Fsp3) is 0.938. The van der Waals surface area contributed by atoms with E-state index in [9.17, 15) is 4.79 Å². The Morgan fingerprint density at radius 1 is 0.773 bits per heavy atom. The monoisotopic (exact) mass is 319 g/mol. The summed E-state index contributed by atoms with van der Waals surface area (Å²) in [6.07, 6.45) is 0.467. The van der Waals surface area contributed by atoms with Crippen molar-refractivity contribution in [2.24, 2.45) is 0 Å². The number of carbonyl (C=O) groups excluding carboxylic acids is 1. The number of ether oxygens (including phenoxy) is 4. The highest BCUT2D eigenvalue weighted by molar-refractivity contribution is 5.75. The summed E-state index contributed by atoms with van der Waals surface area (Å²) >= 11 is 0. The van der Waals surface area contributed by atoms with Gasteiger partial charge in [-0.3, -0.25) is 4.79 Å². The van der Waals surface area contributed by atoms with E-state index < -0.39 is 0 Å². The lowest BCUT2D eigenvalue weighted by Crippen LogP contribution is -2.38. The first-order valence-corrected chi connectivity index (χ1v) is 7.97. The quantitative estimate of drug-likeness (QED) is 0.461. The second kappa shape index (κ2) is 14.1. The highest BCUT2D eigenvalue weighted by Gasteiger charge is 2.06. The highest BCUT2D eigenvalue weighted by atomic mass is 16.6. The standard InChI is InChI=1S/C16H33NO5/c1-15(18)5-7-19-9-11-21-13-14-22-12-10-20-8-6-17-16(2,3)4/h17H,5-14H2,1-4H3. The Kier molecular flexibility index (Phi) is 13.7. The SMILES string of the molecule is CC(=O)CCOCCOCCOCCOCCNC(C)(C)C. The molecule has 0 aliphatic carbocycles. The Morgan fingerprint density at radius 2 is 1.18 bits per heavy atom. The summed E-state index contributed by atoms with van der Waals surface area (Å²) in [5.41, 5.74) is 0.132. The van der Waals surface area contributed by atoms with Crippen LogP contribution in [-0.2, 0) is 23.7 Å². The largest absolute Gasteiger partial charge is 0.379 e. The number of carbonyl (C=O) groups is 1. The topological polar surface area (TPSA) is 66.0 Å². The Hall–Kier alpha value is -0.530. The fourth-order valence-electron chi connectivity index (χ4n) is 1.48. The van der Waals surface area contributed by atoms with Crippen LogP contribution >= 0.6 is 0 Å². The molecule has 0 heterocycles. The van der Waals surface area contributed by atoms with Gasteiger partial charge in [-0.1, -0.05) is 0 Å². The van der Waals surface area contributed by atoms with Crippen molar-refractivity contribution in [2.45, 2.75) is 39.7 Å². The molecule has 0 amide bonds. The molecule has 0 atom stereocenters. The molecule has 132 valence electrons. The van der Waals surface area contributed by atoms with Crippen LogP contribution in [0.2, 0.25) is 0 Å². The van der Waals surface area contributed by atoms with Crippen molar-refractivity contribution in [1.82, 2.24) is 5.32 Å². The van der Waals surface area contributed by atoms with Crippen LogP contribution in [0.5, 0.6) is 0 Å². The van der Waals surface area contributed by atoms with Crippen molar-refractivity contribution < 1.29 is 23.7 Å². The summed E-state index contributed by atoms with van der Waals surface area (Å²) in [5.74, 6) is 0.144. The predicted molar refractivity (Wildman–Crippen MR) is 86.3 cm³/mol. The van der Waals surface area contributed by atoms with Crippen molar-refractivity contribution in [3.8, 4) is 0 Å². The number of ketones is 1. The fourth-order valence-corrected chi connectivity index (χ4v) is 1.48. The van der Waals surface area contributed by atoms with Crippen LogP contribution in [0.1, 0.15) is 34.1 Å². The zero-order valence-corrected chi connectivity index (χ0v) is 14.6. The zero-order chi connectivity index (χ0) is 16.7. The Morgan fingerprint density at radius 3 is 1.59 bits per heavy atom.